The quantitative estimate of drug-likeness (QED) is 0.766. The van der Waals surface area contributed by atoms with Crippen LogP contribution in [0.15, 0.2) is 18.5 Å². The zero-order chi connectivity index (χ0) is 11.8. The molecule has 0 fully saturated rings. The van der Waals surface area contributed by atoms with Crippen LogP contribution in [0.5, 0.6) is 5.75 Å². The third-order valence-electron chi connectivity index (χ3n) is 2.28. The van der Waals surface area contributed by atoms with Crippen molar-refractivity contribution >= 4 is 0 Å². The standard InChI is InChI=1S/C12H20N2O2/c1-4-15-9-12(13-3)10-6-11(16-5-2)8-14-7-10/h6-8,12-13H,4-5,9H2,1-3H3. The molecule has 1 atom stereocenters. The van der Waals surface area contributed by atoms with Gasteiger partial charge in [-0.25, -0.2) is 0 Å². The lowest BCUT2D eigenvalue weighted by Gasteiger charge is -2.16. The molecule has 0 bridgehead atoms. The third-order valence-corrected chi connectivity index (χ3v) is 2.28. The zero-order valence-electron chi connectivity index (χ0n) is 10.2. The maximum absolute atomic E-state index is 5.41. The molecule has 0 radical (unpaired) electrons. The summed E-state index contributed by atoms with van der Waals surface area (Å²) in [5.41, 5.74) is 1.09. The predicted octanol–water partition coefficient (Wildman–Crippen LogP) is 1.78. The second-order valence-corrected chi connectivity index (χ2v) is 3.39. The fraction of sp³-hybridized carbons (Fsp3) is 0.583. The van der Waals surface area contributed by atoms with E-state index in [1.54, 1.807) is 6.20 Å². The highest BCUT2D eigenvalue weighted by Crippen LogP contribution is 2.17. The lowest BCUT2D eigenvalue weighted by atomic mass is 10.1. The van der Waals surface area contributed by atoms with Gasteiger partial charge in [0.25, 0.3) is 0 Å². The molecule has 1 unspecified atom stereocenters. The number of pyridine rings is 1. The Morgan fingerprint density at radius 2 is 2.12 bits per heavy atom. The fourth-order valence-electron chi connectivity index (χ4n) is 1.45. The largest absolute Gasteiger partial charge is 0.492 e. The highest BCUT2D eigenvalue weighted by Gasteiger charge is 2.10. The van der Waals surface area contributed by atoms with Crippen LogP contribution in [0, 0.1) is 0 Å². The summed E-state index contributed by atoms with van der Waals surface area (Å²) in [6, 6.07) is 2.16. The van der Waals surface area contributed by atoms with Crippen molar-refractivity contribution in [1.82, 2.24) is 10.3 Å². The second-order valence-electron chi connectivity index (χ2n) is 3.39. The van der Waals surface area contributed by atoms with Crippen molar-refractivity contribution in [3.05, 3.63) is 24.0 Å². The first kappa shape index (κ1) is 12.9. The van der Waals surface area contributed by atoms with Crippen LogP contribution in [0.25, 0.3) is 0 Å². The lowest BCUT2D eigenvalue weighted by molar-refractivity contribution is 0.125. The van der Waals surface area contributed by atoms with Gasteiger partial charge in [0.2, 0.25) is 0 Å². The molecule has 1 N–H and O–H groups in total. The number of nitrogens with one attached hydrogen (secondary N) is 1. The smallest absolute Gasteiger partial charge is 0.137 e. The molecule has 0 saturated carbocycles. The number of hydrogen-bond donors (Lipinski definition) is 1. The summed E-state index contributed by atoms with van der Waals surface area (Å²) >= 11 is 0. The van der Waals surface area contributed by atoms with Crippen LogP contribution in [0.4, 0.5) is 0 Å². The van der Waals surface area contributed by atoms with Crippen molar-refractivity contribution in [2.24, 2.45) is 0 Å². The van der Waals surface area contributed by atoms with Crippen LogP contribution in [-0.4, -0.2) is 31.9 Å². The van der Waals surface area contributed by atoms with Crippen molar-refractivity contribution < 1.29 is 9.47 Å². The van der Waals surface area contributed by atoms with Gasteiger partial charge >= 0.3 is 0 Å². The van der Waals surface area contributed by atoms with E-state index in [0.29, 0.717) is 13.2 Å². The van der Waals surface area contributed by atoms with E-state index in [4.69, 9.17) is 9.47 Å². The summed E-state index contributed by atoms with van der Waals surface area (Å²) in [7, 11) is 1.91. The van der Waals surface area contributed by atoms with Gasteiger partial charge in [-0.3, -0.25) is 4.98 Å². The van der Waals surface area contributed by atoms with Crippen molar-refractivity contribution in [3.8, 4) is 5.75 Å². The van der Waals surface area contributed by atoms with Crippen LogP contribution in [0.2, 0.25) is 0 Å². The number of ether oxygens (including phenoxy) is 2. The Kier molecular flexibility index (Phi) is 5.82. The van der Waals surface area contributed by atoms with E-state index in [0.717, 1.165) is 17.9 Å². The van der Waals surface area contributed by atoms with Gasteiger partial charge in [-0.2, -0.15) is 0 Å². The number of rotatable bonds is 7. The van der Waals surface area contributed by atoms with Crippen molar-refractivity contribution in [2.75, 3.05) is 26.9 Å². The Bertz CT molecular complexity index is 305. The molecule has 0 aliphatic carbocycles. The van der Waals surface area contributed by atoms with Crippen LogP contribution >= 0.6 is 0 Å². The minimum Gasteiger partial charge on any atom is -0.492 e. The van der Waals surface area contributed by atoms with E-state index >= 15 is 0 Å². The summed E-state index contributed by atoms with van der Waals surface area (Å²) in [4.78, 5) is 4.16. The van der Waals surface area contributed by atoms with Crippen LogP contribution in [0.1, 0.15) is 25.5 Å². The maximum atomic E-state index is 5.41. The molecule has 1 heterocycles. The molecular formula is C12H20N2O2. The van der Waals surface area contributed by atoms with E-state index in [1.807, 2.05) is 33.2 Å². The Labute approximate surface area is 97.0 Å². The summed E-state index contributed by atoms with van der Waals surface area (Å²) in [5, 5.41) is 3.20. The molecule has 1 rings (SSSR count). The van der Waals surface area contributed by atoms with E-state index in [9.17, 15) is 0 Å². The van der Waals surface area contributed by atoms with Gasteiger partial charge in [-0.1, -0.05) is 0 Å². The molecule has 16 heavy (non-hydrogen) atoms. The van der Waals surface area contributed by atoms with E-state index in [-0.39, 0.29) is 6.04 Å². The Hall–Kier alpha value is -1.13. The average molecular weight is 224 g/mol. The van der Waals surface area contributed by atoms with Gasteiger partial charge in [0.15, 0.2) is 0 Å². The van der Waals surface area contributed by atoms with Gasteiger partial charge in [0.1, 0.15) is 5.75 Å². The van der Waals surface area contributed by atoms with Crippen molar-refractivity contribution in [1.29, 1.82) is 0 Å². The van der Waals surface area contributed by atoms with E-state index in [1.165, 1.54) is 0 Å². The Balaban J connectivity index is 2.71. The van der Waals surface area contributed by atoms with Gasteiger partial charge < -0.3 is 14.8 Å². The fourth-order valence-corrected chi connectivity index (χ4v) is 1.45. The molecule has 4 heteroatoms. The molecule has 4 nitrogen and oxygen atoms in total. The first-order chi connectivity index (χ1) is 7.81. The summed E-state index contributed by atoms with van der Waals surface area (Å²) in [6.45, 7) is 5.96. The van der Waals surface area contributed by atoms with E-state index < -0.39 is 0 Å². The molecule has 0 aliphatic rings. The minimum absolute atomic E-state index is 0.160. The first-order valence-corrected chi connectivity index (χ1v) is 5.64. The van der Waals surface area contributed by atoms with E-state index in [2.05, 4.69) is 10.3 Å². The van der Waals surface area contributed by atoms with Gasteiger partial charge in [0.05, 0.1) is 25.5 Å². The molecular weight excluding hydrogens is 204 g/mol. The second kappa shape index (κ2) is 7.19. The minimum atomic E-state index is 0.160. The van der Waals surface area contributed by atoms with Crippen molar-refractivity contribution in [3.63, 3.8) is 0 Å². The molecule has 90 valence electrons. The summed E-state index contributed by atoms with van der Waals surface area (Å²) < 4.78 is 10.8. The molecule has 0 aromatic carbocycles. The number of hydrogen-bond acceptors (Lipinski definition) is 4. The normalized spacial score (nSPS) is 12.4. The molecule has 0 amide bonds. The van der Waals surface area contributed by atoms with Gasteiger partial charge in [-0.15, -0.1) is 0 Å². The molecule has 0 saturated heterocycles. The predicted molar refractivity (Wildman–Crippen MR) is 63.7 cm³/mol. The first-order valence-electron chi connectivity index (χ1n) is 5.64. The van der Waals surface area contributed by atoms with Crippen LogP contribution in [-0.2, 0) is 4.74 Å². The highest BCUT2D eigenvalue weighted by atomic mass is 16.5. The maximum Gasteiger partial charge on any atom is 0.137 e. The SMILES string of the molecule is CCOCC(NC)c1cncc(OCC)c1. The Morgan fingerprint density at radius 1 is 1.31 bits per heavy atom. The highest BCUT2D eigenvalue weighted by molar-refractivity contribution is 5.26. The monoisotopic (exact) mass is 224 g/mol. The summed E-state index contributed by atoms with van der Waals surface area (Å²) in [6.07, 6.45) is 3.56. The van der Waals surface area contributed by atoms with Gasteiger partial charge in [-0.05, 0) is 32.5 Å². The third kappa shape index (κ3) is 3.79. The number of likely N-dealkylation sites (N-methyl/N-ethyl adjacent to an activating group) is 1. The van der Waals surface area contributed by atoms with Crippen LogP contribution in [0.3, 0.4) is 0 Å². The van der Waals surface area contributed by atoms with Crippen molar-refractivity contribution in [2.45, 2.75) is 19.9 Å². The molecule has 0 aliphatic heterocycles. The number of aromatic nitrogens is 1. The molecule has 1 aromatic rings. The van der Waals surface area contributed by atoms with Crippen LogP contribution < -0.4 is 10.1 Å². The molecule has 1 aromatic heterocycles. The van der Waals surface area contributed by atoms with Gasteiger partial charge in [0, 0.05) is 12.8 Å². The molecule has 0 spiro atoms. The average Bonchev–Trinajstić information content (AvgIpc) is 2.31. The topological polar surface area (TPSA) is 43.4 Å². The zero-order valence-corrected chi connectivity index (χ0v) is 10.2. The lowest BCUT2D eigenvalue weighted by Crippen LogP contribution is -2.22. The number of nitrogens with zero attached hydrogens (tertiary/aromatic N) is 1. The Morgan fingerprint density at radius 3 is 2.75 bits per heavy atom. The summed E-state index contributed by atoms with van der Waals surface area (Å²) in [5.74, 6) is 0.803.